The number of halogens is 1. The Morgan fingerprint density at radius 2 is 1.90 bits per heavy atom. The first kappa shape index (κ1) is 21.2. The maximum Gasteiger partial charge on any atom is 0.276 e. The van der Waals surface area contributed by atoms with Crippen molar-refractivity contribution in [1.29, 1.82) is 0 Å². The molecule has 0 saturated carbocycles. The third-order valence-electron chi connectivity index (χ3n) is 4.32. The van der Waals surface area contributed by atoms with Crippen molar-refractivity contribution in [3.8, 4) is 11.5 Å². The van der Waals surface area contributed by atoms with Gasteiger partial charge < -0.3 is 9.32 Å². The summed E-state index contributed by atoms with van der Waals surface area (Å²) in [5.74, 6) is 0.189. The molecule has 0 atom stereocenters. The second-order valence-electron chi connectivity index (χ2n) is 6.69. The van der Waals surface area contributed by atoms with E-state index in [0.717, 1.165) is 0 Å². The molecule has 0 aliphatic carbocycles. The number of aromatic nitrogens is 2. The summed E-state index contributed by atoms with van der Waals surface area (Å²) in [5.41, 5.74) is 0.883. The summed E-state index contributed by atoms with van der Waals surface area (Å²) in [6.45, 7) is 3.79. The summed E-state index contributed by atoms with van der Waals surface area (Å²) in [6, 6.07) is 13.1. The molecule has 1 aromatic heterocycles. The molecule has 2 aromatic carbocycles. The Morgan fingerprint density at radius 1 is 1.20 bits per heavy atom. The first-order valence-corrected chi connectivity index (χ1v) is 9.54. The van der Waals surface area contributed by atoms with Crippen LogP contribution in [0.1, 0.15) is 25.3 Å². The molecular formula is C21H19ClN4O4. The van der Waals surface area contributed by atoms with Crippen LogP contribution in [0.2, 0.25) is 5.02 Å². The number of hydrogen-bond acceptors (Lipinski definition) is 6. The van der Waals surface area contributed by atoms with Crippen molar-refractivity contribution in [2.75, 3.05) is 0 Å². The fourth-order valence-corrected chi connectivity index (χ4v) is 2.99. The summed E-state index contributed by atoms with van der Waals surface area (Å²) in [6.07, 6.45) is 2.73. The zero-order valence-electron chi connectivity index (χ0n) is 16.4. The lowest BCUT2D eigenvalue weighted by molar-refractivity contribution is -0.385. The van der Waals surface area contributed by atoms with Crippen LogP contribution in [0.5, 0.6) is 0 Å². The van der Waals surface area contributed by atoms with E-state index >= 15 is 0 Å². The van der Waals surface area contributed by atoms with E-state index < -0.39 is 4.92 Å². The summed E-state index contributed by atoms with van der Waals surface area (Å²) < 4.78 is 5.68. The Morgan fingerprint density at radius 3 is 2.60 bits per heavy atom. The Labute approximate surface area is 177 Å². The zero-order valence-corrected chi connectivity index (χ0v) is 17.1. The van der Waals surface area contributed by atoms with Gasteiger partial charge >= 0.3 is 0 Å². The average Bonchev–Trinajstić information content (AvgIpc) is 3.19. The Bertz CT molecular complexity index is 1090. The Hall–Kier alpha value is -3.52. The molecule has 1 heterocycles. The van der Waals surface area contributed by atoms with Crippen LogP contribution >= 0.6 is 11.6 Å². The van der Waals surface area contributed by atoms with E-state index in [2.05, 4.69) is 10.2 Å². The number of nitro benzene ring substituents is 1. The lowest BCUT2D eigenvalue weighted by Gasteiger charge is -2.23. The Balaban J connectivity index is 1.78. The minimum atomic E-state index is -0.487. The topological polar surface area (TPSA) is 102 Å². The first-order valence-electron chi connectivity index (χ1n) is 9.16. The number of carbonyl (C=O) groups excluding carboxylic acids is 1. The highest BCUT2D eigenvalue weighted by Gasteiger charge is 2.20. The zero-order chi connectivity index (χ0) is 21.7. The van der Waals surface area contributed by atoms with Crippen molar-refractivity contribution in [2.45, 2.75) is 26.4 Å². The molecule has 8 nitrogen and oxygen atoms in total. The summed E-state index contributed by atoms with van der Waals surface area (Å²) in [7, 11) is 0. The normalized spacial score (nSPS) is 11.2. The van der Waals surface area contributed by atoms with Crippen molar-refractivity contribution >= 4 is 29.3 Å². The Kier molecular flexibility index (Phi) is 6.58. The fraction of sp³-hybridized carbons (Fsp3) is 0.190. The number of carbonyl (C=O) groups is 1. The van der Waals surface area contributed by atoms with Crippen LogP contribution in [0.3, 0.4) is 0 Å². The van der Waals surface area contributed by atoms with Gasteiger partial charge in [-0.2, -0.15) is 0 Å². The molecule has 0 aliphatic heterocycles. The molecule has 1 amide bonds. The number of nitro groups is 1. The molecule has 3 rings (SSSR count). The van der Waals surface area contributed by atoms with Gasteiger partial charge in [-0.25, -0.2) is 0 Å². The molecule has 0 N–H and O–H groups in total. The number of benzene rings is 2. The SMILES string of the molecule is CC(C)N(Cc1nnc(-c2ccccc2Cl)o1)C(=O)/C=C/c1ccccc1[N+](=O)[O-]. The van der Waals surface area contributed by atoms with E-state index in [0.29, 0.717) is 16.1 Å². The van der Waals surface area contributed by atoms with Crippen LogP contribution in [0.25, 0.3) is 17.5 Å². The third-order valence-corrected chi connectivity index (χ3v) is 4.65. The fourth-order valence-electron chi connectivity index (χ4n) is 2.77. The molecule has 0 spiro atoms. The van der Waals surface area contributed by atoms with Crippen LogP contribution in [0.4, 0.5) is 5.69 Å². The maximum atomic E-state index is 12.7. The molecular weight excluding hydrogens is 408 g/mol. The van der Waals surface area contributed by atoms with Gasteiger partial charge in [0, 0.05) is 18.2 Å². The van der Waals surface area contributed by atoms with Crippen molar-refractivity contribution in [3.05, 3.63) is 81.2 Å². The summed E-state index contributed by atoms with van der Waals surface area (Å²) in [5, 5.41) is 19.6. The first-order chi connectivity index (χ1) is 14.4. The highest BCUT2D eigenvalue weighted by Crippen LogP contribution is 2.26. The predicted molar refractivity (Wildman–Crippen MR) is 113 cm³/mol. The molecule has 30 heavy (non-hydrogen) atoms. The van der Waals surface area contributed by atoms with Crippen molar-refractivity contribution < 1.29 is 14.1 Å². The van der Waals surface area contributed by atoms with Crippen molar-refractivity contribution in [3.63, 3.8) is 0 Å². The second-order valence-corrected chi connectivity index (χ2v) is 7.10. The van der Waals surface area contributed by atoms with E-state index in [1.807, 2.05) is 19.9 Å². The van der Waals surface area contributed by atoms with Crippen LogP contribution in [-0.4, -0.2) is 32.0 Å². The number of amides is 1. The average molecular weight is 427 g/mol. The second kappa shape index (κ2) is 9.32. The lowest BCUT2D eigenvalue weighted by Crippen LogP contribution is -2.35. The van der Waals surface area contributed by atoms with E-state index in [9.17, 15) is 14.9 Å². The van der Waals surface area contributed by atoms with Crippen LogP contribution < -0.4 is 0 Å². The van der Waals surface area contributed by atoms with Crippen LogP contribution in [0, 0.1) is 10.1 Å². The van der Waals surface area contributed by atoms with Gasteiger partial charge in [-0.15, -0.1) is 10.2 Å². The summed E-state index contributed by atoms with van der Waals surface area (Å²) >= 11 is 6.16. The number of nitrogens with zero attached hydrogens (tertiary/aromatic N) is 4. The molecule has 0 unspecified atom stereocenters. The number of rotatable bonds is 7. The smallest absolute Gasteiger partial charge is 0.276 e. The molecule has 0 fully saturated rings. The van der Waals surface area contributed by atoms with E-state index in [-0.39, 0.29) is 36.0 Å². The maximum absolute atomic E-state index is 12.7. The largest absolute Gasteiger partial charge is 0.419 e. The third kappa shape index (κ3) is 4.90. The van der Waals surface area contributed by atoms with Gasteiger partial charge in [-0.05, 0) is 38.1 Å². The molecule has 0 bridgehead atoms. The molecule has 0 saturated heterocycles. The quantitative estimate of drug-likeness (QED) is 0.307. The molecule has 9 heteroatoms. The molecule has 0 aliphatic rings. The van der Waals surface area contributed by atoms with E-state index in [1.165, 1.54) is 23.1 Å². The highest BCUT2D eigenvalue weighted by atomic mass is 35.5. The lowest BCUT2D eigenvalue weighted by atomic mass is 10.1. The van der Waals surface area contributed by atoms with Crippen molar-refractivity contribution in [1.82, 2.24) is 15.1 Å². The van der Waals surface area contributed by atoms with Crippen molar-refractivity contribution in [2.24, 2.45) is 0 Å². The van der Waals surface area contributed by atoms with Gasteiger partial charge in [-0.1, -0.05) is 35.9 Å². The van der Waals surface area contributed by atoms with Gasteiger partial charge in [0.05, 0.1) is 27.6 Å². The molecule has 154 valence electrons. The van der Waals surface area contributed by atoms with Crippen LogP contribution in [-0.2, 0) is 11.3 Å². The van der Waals surface area contributed by atoms with E-state index in [4.69, 9.17) is 16.0 Å². The van der Waals surface area contributed by atoms with Gasteiger partial charge in [-0.3, -0.25) is 14.9 Å². The number of para-hydroxylation sites is 1. The molecule has 0 radical (unpaired) electrons. The minimum absolute atomic E-state index is 0.0704. The predicted octanol–water partition coefficient (Wildman–Crippen LogP) is 4.75. The summed E-state index contributed by atoms with van der Waals surface area (Å²) in [4.78, 5) is 24.9. The van der Waals surface area contributed by atoms with Gasteiger partial charge in [0.1, 0.15) is 0 Å². The van der Waals surface area contributed by atoms with Gasteiger partial charge in [0.15, 0.2) is 0 Å². The van der Waals surface area contributed by atoms with Gasteiger partial charge in [0.25, 0.3) is 5.69 Å². The standard InChI is InChI=1S/C21H19ClN4O4/c1-14(2)25(20(27)12-11-15-7-3-6-10-18(15)26(28)29)13-19-23-24-21(30-19)16-8-4-5-9-17(16)22/h3-12,14H,13H2,1-2H3/b12-11+. The monoisotopic (exact) mass is 426 g/mol. The van der Waals surface area contributed by atoms with E-state index in [1.54, 1.807) is 36.4 Å². The minimum Gasteiger partial charge on any atom is -0.419 e. The highest BCUT2D eigenvalue weighted by molar-refractivity contribution is 6.33. The number of hydrogen-bond donors (Lipinski definition) is 0. The molecule has 3 aromatic rings. The van der Waals surface area contributed by atoms with Gasteiger partial charge in [0.2, 0.25) is 17.7 Å². The van der Waals surface area contributed by atoms with Crippen LogP contribution in [0.15, 0.2) is 59.0 Å².